The minimum atomic E-state index is 1.01. The van der Waals surface area contributed by atoms with Gasteiger partial charge >= 0.3 is 0 Å². The van der Waals surface area contributed by atoms with Gasteiger partial charge < -0.3 is 0 Å². The molecule has 14 heavy (non-hydrogen) atoms. The van der Waals surface area contributed by atoms with Crippen LogP contribution in [0.1, 0.15) is 5.56 Å². The standard InChI is InChI=1S/C10H7N3S/c1-6-2-3-12-10-8(6)7-4-11-5-13-9(7)14-10/h2-5H,1H3. The summed E-state index contributed by atoms with van der Waals surface area (Å²) in [7, 11) is 0. The number of fused-ring (bicyclic) bond motifs is 3. The second-order valence-electron chi connectivity index (χ2n) is 3.15. The van der Waals surface area contributed by atoms with E-state index in [9.17, 15) is 0 Å². The molecule has 0 aliphatic rings. The quantitative estimate of drug-likeness (QED) is 0.561. The fraction of sp³-hybridized carbons (Fsp3) is 0.100. The molecule has 0 aliphatic carbocycles. The summed E-state index contributed by atoms with van der Waals surface area (Å²) in [5.41, 5.74) is 1.23. The monoisotopic (exact) mass is 201 g/mol. The summed E-state index contributed by atoms with van der Waals surface area (Å²) in [6.07, 6.45) is 5.27. The highest BCUT2D eigenvalue weighted by atomic mass is 32.1. The van der Waals surface area contributed by atoms with Gasteiger partial charge in [-0.3, -0.25) is 0 Å². The Morgan fingerprint density at radius 1 is 1.21 bits per heavy atom. The third-order valence-corrected chi connectivity index (χ3v) is 3.28. The van der Waals surface area contributed by atoms with Gasteiger partial charge in [-0.2, -0.15) is 0 Å². The fourth-order valence-corrected chi connectivity index (χ4v) is 2.64. The molecule has 0 aromatic carbocycles. The molecule has 0 spiro atoms. The molecule has 0 radical (unpaired) electrons. The zero-order valence-electron chi connectivity index (χ0n) is 7.56. The van der Waals surface area contributed by atoms with E-state index in [2.05, 4.69) is 21.9 Å². The fourth-order valence-electron chi connectivity index (χ4n) is 1.60. The van der Waals surface area contributed by atoms with Crippen LogP contribution in [0.3, 0.4) is 0 Å². The van der Waals surface area contributed by atoms with Crippen LogP contribution >= 0.6 is 11.3 Å². The maximum Gasteiger partial charge on any atom is 0.129 e. The van der Waals surface area contributed by atoms with Gasteiger partial charge in [0, 0.05) is 23.2 Å². The molecular weight excluding hydrogens is 194 g/mol. The first kappa shape index (κ1) is 7.82. The van der Waals surface area contributed by atoms with Crippen molar-refractivity contribution < 1.29 is 0 Å². The highest BCUT2D eigenvalue weighted by Gasteiger charge is 2.07. The van der Waals surface area contributed by atoms with Crippen molar-refractivity contribution in [2.75, 3.05) is 0 Å². The van der Waals surface area contributed by atoms with Crippen molar-refractivity contribution in [2.45, 2.75) is 6.92 Å². The Bertz CT molecular complexity index is 615. The van der Waals surface area contributed by atoms with Crippen molar-refractivity contribution >= 4 is 31.8 Å². The first-order valence-corrected chi connectivity index (χ1v) is 5.12. The molecule has 0 amide bonds. The van der Waals surface area contributed by atoms with Crippen LogP contribution in [0.4, 0.5) is 0 Å². The van der Waals surface area contributed by atoms with Crippen LogP contribution in [0, 0.1) is 6.92 Å². The molecule has 0 saturated heterocycles. The number of aryl methyl sites for hydroxylation is 1. The van der Waals surface area contributed by atoms with Crippen molar-refractivity contribution in [2.24, 2.45) is 0 Å². The van der Waals surface area contributed by atoms with E-state index in [0.717, 1.165) is 15.0 Å². The predicted octanol–water partition coefficient (Wildman–Crippen LogP) is 2.55. The Labute approximate surface area is 84.5 Å². The lowest BCUT2D eigenvalue weighted by Gasteiger charge is -1.93. The van der Waals surface area contributed by atoms with Crippen LogP contribution in [-0.4, -0.2) is 15.0 Å². The first-order valence-electron chi connectivity index (χ1n) is 4.30. The smallest absolute Gasteiger partial charge is 0.129 e. The van der Waals surface area contributed by atoms with E-state index in [1.807, 2.05) is 18.5 Å². The second kappa shape index (κ2) is 2.72. The van der Waals surface area contributed by atoms with Crippen LogP contribution < -0.4 is 0 Å². The van der Waals surface area contributed by atoms with Crippen molar-refractivity contribution in [3.63, 3.8) is 0 Å². The van der Waals surface area contributed by atoms with Gasteiger partial charge in [0.05, 0.1) is 0 Å². The zero-order chi connectivity index (χ0) is 9.54. The van der Waals surface area contributed by atoms with E-state index >= 15 is 0 Å². The summed E-state index contributed by atoms with van der Waals surface area (Å²) in [6, 6.07) is 2.02. The van der Waals surface area contributed by atoms with Crippen LogP contribution in [0.2, 0.25) is 0 Å². The highest BCUT2D eigenvalue weighted by molar-refractivity contribution is 7.25. The number of rotatable bonds is 0. The molecule has 0 bridgehead atoms. The first-order chi connectivity index (χ1) is 6.86. The topological polar surface area (TPSA) is 38.7 Å². The van der Waals surface area contributed by atoms with Crippen molar-refractivity contribution in [3.8, 4) is 0 Å². The van der Waals surface area contributed by atoms with Crippen LogP contribution in [0.25, 0.3) is 20.4 Å². The van der Waals surface area contributed by atoms with Crippen molar-refractivity contribution in [3.05, 3.63) is 30.4 Å². The molecule has 0 fully saturated rings. The number of aromatic nitrogens is 3. The van der Waals surface area contributed by atoms with Gasteiger partial charge in [0.2, 0.25) is 0 Å². The third-order valence-electron chi connectivity index (χ3n) is 2.26. The summed E-state index contributed by atoms with van der Waals surface area (Å²) in [5, 5.41) is 2.30. The molecular formula is C10H7N3S. The predicted molar refractivity (Wildman–Crippen MR) is 57.5 cm³/mol. The van der Waals surface area contributed by atoms with Gasteiger partial charge in [0.25, 0.3) is 0 Å². The Morgan fingerprint density at radius 3 is 3.07 bits per heavy atom. The molecule has 68 valence electrons. The molecule has 0 atom stereocenters. The largest absolute Gasteiger partial charge is 0.245 e. The Hall–Kier alpha value is -1.55. The number of thiophene rings is 1. The molecule has 3 nitrogen and oxygen atoms in total. The molecule has 3 aromatic rings. The summed E-state index contributed by atoms with van der Waals surface area (Å²) >= 11 is 1.61. The van der Waals surface area contributed by atoms with Crippen molar-refractivity contribution in [1.82, 2.24) is 15.0 Å². The molecule has 3 rings (SSSR count). The lowest BCUT2D eigenvalue weighted by molar-refractivity contribution is 1.24. The molecule has 4 heteroatoms. The van der Waals surface area contributed by atoms with Gasteiger partial charge in [0.15, 0.2) is 0 Å². The van der Waals surface area contributed by atoms with Gasteiger partial charge in [-0.15, -0.1) is 0 Å². The van der Waals surface area contributed by atoms with Gasteiger partial charge in [-0.1, -0.05) is 11.3 Å². The molecule has 0 N–H and O–H groups in total. The van der Waals surface area contributed by atoms with E-state index in [4.69, 9.17) is 0 Å². The average Bonchev–Trinajstić information content (AvgIpc) is 2.57. The SMILES string of the molecule is Cc1ccnc2sc3ncncc3c12. The van der Waals surface area contributed by atoms with E-state index < -0.39 is 0 Å². The minimum absolute atomic E-state index is 1.01. The lowest BCUT2D eigenvalue weighted by atomic mass is 10.2. The second-order valence-corrected chi connectivity index (χ2v) is 4.13. The highest BCUT2D eigenvalue weighted by Crippen LogP contribution is 2.31. The molecule has 0 saturated carbocycles. The van der Waals surface area contributed by atoms with E-state index in [1.54, 1.807) is 17.7 Å². The normalized spacial score (nSPS) is 11.2. The number of hydrogen-bond acceptors (Lipinski definition) is 4. The Balaban J connectivity index is 2.65. The summed E-state index contributed by atoms with van der Waals surface area (Å²) in [4.78, 5) is 14.7. The average molecular weight is 201 g/mol. The van der Waals surface area contributed by atoms with Gasteiger partial charge in [-0.25, -0.2) is 15.0 Å². The number of pyridine rings is 1. The van der Waals surface area contributed by atoms with Crippen LogP contribution in [0.5, 0.6) is 0 Å². The molecule has 0 unspecified atom stereocenters. The number of nitrogens with zero attached hydrogens (tertiary/aromatic N) is 3. The Morgan fingerprint density at radius 2 is 2.14 bits per heavy atom. The maximum atomic E-state index is 4.33. The number of hydrogen-bond donors (Lipinski definition) is 0. The van der Waals surface area contributed by atoms with Crippen LogP contribution in [0.15, 0.2) is 24.8 Å². The summed E-state index contributed by atoms with van der Waals surface area (Å²) in [6.45, 7) is 2.09. The Kier molecular flexibility index (Phi) is 1.52. The lowest BCUT2D eigenvalue weighted by Crippen LogP contribution is -1.78. The van der Waals surface area contributed by atoms with E-state index in [-0.39, 0.29) is 0 Å². The molecule has 0 aliphatic heterocycles. The maximum absolute atomic E-state index is 4.33. The van der Waals surface area contributed by atoms with E-state index in [1.165, 1.54) is 10.9 Å². The summed E-state index contributed by atoms with van der Waals surface area (Å²) in [5.74, 6) is 0. The third kappa shape index (κ3) is 0.943. The van der Waals surface area contributed by atoms with Crippen LogP contribution in [-0.2, 0) is 0 Å². The molecule has 3 heterocycles. The summed E-state index contributed by atoms with van der Waals surface area (Å²) < 4.78 is 0. The van der Waals surface area contributed by atoms with E-state index in [0.29, 0.717) is 0 Å². The zero-order valence-corrected chi connectivity index (χ0v) is 8.38. The van der Waals surface area contributed by atoms with Crippen molar-refractivity contribution in [1.29, 1.82) is 0 Å². The molecule has 3 aromatic heterocycles. The minimum Gasteiger partial charge on any atom is -0.245 e. The van der Waals surface area contributed by atoms with Gasteiger partial charge in [0.1, 0.15) is 16.0 Å². The van der Waals surface area contributed by atoms with Gasteiger partial charge in [-0.05, 0) is 18.6 Å².